The number of aryl methyl sites for hydroxylation is 1. The Morgan fingerprint density at radius 2 is 1.50 bits per heavy atom. The molecule has 2 rings (SSSR count). The van der Waals surface area contributed by atoms with Gasteiger partial charge in [0.25, 0.3) is 0 Å². The zero-order chi connectivity index (χ0) is 18.6. The number of rotatable bonds is 9. The molecule has 26 heavy (non-hydrogen) atoms. The molecule has 0 bridgehead atoms. The molecule has 0 saturated carbocycles. The first kappa shape index (κ1) is 19.9. The van der Waals surface area contributed by atoms with Crippen molar-refractivity contribution in [3.8, 4) is 11.1 Å². The van der Waals surface area contributed by atoms with Gasteiger partial charge in [-0.15, -0.1) is 0 Å². The number of hydrogen-bond acceptors (Lipinski definition) is 1. The molecule has 1 heteroatoms. The molecular formula is C25H31N. The van der Waals surface area contributed by atoms with E-state index in [2.05, 4.69) is 85.6 Å². The van der Waals surface area contributed by atoms with Crippen molar-refractivity contribution in [2.75, 3.05) is 6.54 Å². The predicted octanol–water partition coefficient (Wildman–Crippen LogP) is 7.05. The molecule has 0 aliphatic carbocycles. The standard InChI is InChI=1S/C25H31N/c1-4-11-21(2)22(3)20-26-19-10-6-7-12-23-15-17-25(18-16-23)24-13-8-5-9-14-24/h4-5,8-9,11,13-18,20H,6-7,10,12,19H2,1-3H3/b11-4-,22-21-,26-20?. The Morgan fingerprint density at radius 1 is 0.808 bits per heavy atom. The van der Waals surface area contributed by atoms with E-state index in [-0.39, 0.29) is 0 Å². The summed E-state index contributed by atoms with van der Waals surface area (Å²) < 4.78 is 0. The van der Waals surface area contributed by atoms with Crippen molar-refractivity contribution in [3.05, 3.63) is 83.5 Å². The summed E-state index contributed by atoms with van der Waals surface area (Å²) in [5, 5.41) is 0. The summed E-state index contributed by atoms with van der Waals surface area (Å²) >= 11 is 0. The molecule has 136 valence electrons. The Balaban J connectivity index is 1.68. The van der Waals surface area contributed by atoms with Crippen LogP contribution in [-0.2, 0) is 6.42 Å². The van der Waals surface area contributed by atoms with Crippen LogP contribution in [0, 0.1) is 0 Å². The molecule has 0 atom stereocenters. The van der Waals surface area contributed by atoms with Crippen molar-refractivity contribution in [1.29, 1.82) is 0 Å². The van der Waals surface area contributed by atoms with Crippen molar-refractivity contribution in [3.63, 3.8) is 0 Å². The number of allylic oxidation sites excluding steroid dienone is 4. The molecule has 0 spiro atoms. The maximum atomic E-state index is 4.55. The molecule has 0 aromatic heterocycles. The van der Waals surface area contributed by atoms with Crippen molar-refractivity contribution in [2.24, 2.45) is 4.99 Å². The van der Waals surface area contributed by atoms with Crippen LogP contribution in [0.15, 0.2) is 82.9 Å². The molecule has 0 aliphatic rings. The van der Waals surface area contributed by atoms with Crippen molar-refractivity contribution in [2.45, 2.75) is 46.5 Å². The fraction of sp³-hybridized carbons (Fsp3) is 0.320. The molecule has 0 heterocycles. The second-order valence-electron chi connectivity index (χ2n) is 6.77. The maximum Gasteiger partial charge on any atom is 0.0389 e. The van der Waals surface area contributed by atoms with E-state index in [1.807, 2.05) is 13.1 Å². The number of unbranched alkanes of at least 4 members (excludes halogenated alkanes) is 2. The van der Waals surface area contributed by atoms with Crippen LogP contribution in [0.25, 0.3) is 11.1 Å². The first-order chi connectivity index (χ1) is 12.7. The largest absolute Gasteiger partial charge is 0.293 e. The third-order valence-corrected chi connectivity index (χ3v) is 4.64. The van der Waals surface area contributed by atoms with Crippen LogP contribution < -0.4 is 0 Å². The summed E-state index contributed by atoms with van der Waals surface area (Å²) in [6.45, 7) is 7.22. The van der Waals surface area contributed by atoms with Crippen LogP contribution >= 0.6 is 0 Å². The van der Waals surface area contributed by atoms with Gasteiger partial charge in [0.1, 0.15) is 0 Å². The summed E-state index contributed by atoms with van der Waals surface area (Å²) in [4.78, 5) is 4.55. The van der Waals surface area contributed by atoms with Gasteiger partial charge in [-0.25, -0.2) is 0 Å². The van der Waals surface area contributed by atoms with Gasteiger partial charge in [-0.1, -0.05) is 73.2 Å². The number of hydrogen-bond donors (Lipinski definition) is 0. The monoisotopic (exact) mass is 345 g/mol. The first-order valence-corrected chi connectivity index (χ1v) is 9.65. The summed E-state index contributed by atoms with van der Waals surface area (Å²) in [5.74, 6) is 0. The fourth-order valence-electron chi connectivity index (χ4n) is 2.89. The molecule has 0 N–H and O–H groups in total. The number of nitrogens with zero attached hydrogens (tertiary/aromatic N) is 1. The van der Waals surface area contributed by atoms with Crippen LogP contribution in [0.1, 0.15) is 45.6 Å². The molecular weight excluding hydrogens is 314 g/mol. The molecule has 0 saturated heterocycles. The zero-order valence-corrected chi connectivity index (χ0v) is 16.4. The highest BCUT2D eigenvalue weighted by Crippen LogP contribution is 2.20. The zero-order valence-electron chi connectivity index (χ0n) is 16.4. The molecule has 0 amide bonds. The molecule has 0 radical (unpaired) electrons. The quantitative estimate of drug-likeness (QED) is 0.262. The summed E-state index contributed by atoms with van der Waals surface area (Å²) in [7, 11) is 0. The minimum Gasteiger partial charge on any atom is -0.293 e. The van der Waals surface area contributed by atoms with E-state index in [0.717, 1.165) is 19.4 Å². The summed E-state index contributed by atoms with van der Waals surface area (Å²) in [5.41, 5.74) is 6.54. The second kappa shape index (κ2) is 11.3. The number of benzene rings is 2. The van der Waals surface area contributed by atoms with Gasteiger partial charge < -0.3 is 0 Å². The molecule has 2 aromatic rings. The lowest BCUT2D eigenvalue weighted by Gasteiger charge is -2.04. The molecule has 1 nitrogen and oxygen atoms in total. The average molecular weight is 346 g/mol. The van der Waals surface area contributed by atoms with Crippen LogP contribution in [-0.4, -0.2) is 12.8 Å². The van der Waals surface area contributed by atoms with Gasteiger partial charge in [0.2, 0.25) is 0 Å². The second-order valence-corrected chi connectivity index (χ2v) is 6.77. The Kier molecular flexibility index (Phi) is 8.62. The average Bonchev–Trinajstić information content (AvgIpc) is 2.68. The van der Waals surface area contributed by atoms with E-state index in [1.54, 1.807) is 0 Å². The van der Waals surface area contributed by atoms with E-state index < -0.39 is 0 Å². The molecule has 2 aromatic carbocycles. The third-order valence-electron chi connectivity index (χ3n) is 4.64. The Hall–Kier alpha value is -2.41. The van der Waals surface area contributed by atoms with Crippen LogP contribution in [0.2, 0.25) is 0 Å². The van der Waals surface area contributed by atoms with Gasteiger partial charge in [0.15, 0.2) is 0 Å². The lowest BCUT2D eigenvalue weighted by atomic mass is 10.0. The summed E-state index contributed by atoms with van der Waals surface area (Å²) in [6, 6.07) is 19.5. The smallest absolute Gasteiger partial charge is 0.0389 e. The van der Waals surface area contributed by atoms with Crippen LogP contribution in [0.4, 0.5) is 0 Å². The van der Waals surface area contributed by atoms with E-state index in [0.29, 0.717) is 0 Å². The lowest BCUT2D eigenvalue weighted by molar-refractivity contribution is 0.688. The first-order valence-electron chi connectivity index (χ1n) is 9.65. The van der Waals surface area contributed by atoms with E-state index >= 15 is 0 Å². The highest BCUT2D eigenvalue weighted by Gasteiger charge is 1.98. The SMILES string of the molecule is C/C=C\C(C)=C(\C)C=NCCCCCc1ccc(-c2ccccc2)cc1. The van der Waals surface area contributed by atoms with Gasteiger partial charge in [0, 0.05) is 12.8 Å². The third kappa shape index (κ3) is 6.84. The van der Waals surface area contributed by atoms with E-state index in [9.17, 15) is 0 Å². The topological polar surface area (TPSA) is 12.4 Å². The molecule has 0 unspecified atom stereocenters. The molecule has 0 aliphatic heterocycles. The Morgan fingerprint density at radius 3 is 2.19 bits per heavy atom. The highest BCUT2D eigenvalue weighted by molar-refractivity contribution is 5.79. The minimum absolute atomic E-state index is 0.924. The maximum absolute atomic E-state index is 4.55. The Labute approximate surface area is 159 Å². The predicted molar refractivity (Wildman–Crippen MR) is 116 cm³/mol. The van der Waals surface area contributed by atoms with E-state index in [1.165, 1.54) is 40.7 Å². The van der Waals surface area contributed by atoms with Crippen molar-refractivity contribution < 1.29 is 0 Å². The highest BCUT2D eigenvalue weighted by atomic mass is 14.7. The molecule has 0 fully saturated rings. The van der Waals surface area contributed by atoms with Crippen molar-refractivity contribution >= 4 is 6.21 Å². The lowest BCUT2D eigenvalue weighted by Crippen LogP contribution is -1.89. The minimum atomic E-state index is 0.924. The van der Waals surface area contributed by atoms with E-state index in [4.69, 9.17) is 0 Å². The number of aliphatic imine (C=N–C) groups is 1. The fourth-order valence-corrected chi connectivity index (χ4v) is 2.89. The van der Waals surface area contributed by atoms with Gasteiger partial charge >= 0.3 is 0 Å². The van der Waals surface area contributed by atoms with Gasteiger partial charge in [0.05, 0.1) is 0 Å². The van der Waals surface area contributed by atoms with Crippen LogP contribution in [0.3, 0.4) is 0 Å². The van der Waals surface area contributed by atoms with Crippen LogP contribution in [0.5, 0.6) is 0 Å². The normalized spacial score (nSPS) is 12.7. The Bertz CT molecular complexity index is 733. The van der Waals surface area contributed by atoms with Gasteiger partial charge in [-0.3, -0.25) is 4.99 Å². The van der Waals surface area contributed by atoms with Gasteiger partial charge in [-0.2, -0.15) is 0 Å². The summed E-state index contributed by atoms with van der Waals surface area (Å²) in [6.07, 6.45) is 11.0. The van der Waals surface area contributed by atoms with Gasteiger partial charge in [-0.05, 0) is 67.9 Å². The van der Waals surface area contributed by atoms with Crippen molar-refractivity contribution in [1.82, 2.24) is 0 Å².